The Bertz CT molecular complexity index is 538. The Labute approximate surface area is 141 Å². The number of aromatic nitrogens is 1. The number of nitrogens with one attached hydrogen (secondary N) is 2. The number of piperidine rings is 1. The van der Waals surface area contributed by atoms with Gasteiger partial charge in [0.1, 0.15) is 0 Å². The number of likely N-dealkylation sites (tertiary alicyclic amines) is 1. The number of thiazole rings is 1. The van der Waals surface area contributed by atoms with Crippen molar-refractivity contribution in [3.63, 3.8) is 0 Å². The molecule has 0 aromatic carbocycles. The minimum Gasteiger partial charge on any atom is -0.453 e. The number of carbonyl (C=O) groups excluding carboxylic acids is 1. The molecule has 1 aromatic rings. The number of nitrogens with zero attached hydrogens (tertiary/aromatic N) is 3. The van der Waals surface area contributed by atoms with Crippen molar-refractivity contribution in [3.8, 4) is 0 Å². The van der Waals surface area contributed by atoms with Gasteiger partial charge in [-0.2, -0.15) is 0 Å². The van der Waals surface area contributed by atoms with Crippen molar-refractivity contribution in [3.05, 3.63) is 16.1 Å². The van der Waals surface area contributed by atoms with E-state index in [1.54, 1.807) is 23.3 Å². The van der Waals surface area contributed by atoms with Crippen LogP contribution in [-0.4, -0.2) is 61.8 Å². The van der Waals surface area contributed by atoms with Gasteiger partial charge in [0.2, 0.25) is 0 Å². The Balaban J connectivity index is 1.70. The molecule has 0 spiro atoms. The number of ether oxygens (including phenoxy) is 1. The number of guanidine groups is 1. The standard InChI is InChI=1S/C15H25N5O2S/c1-11-10-18-13(23-11)4-7-17-14(16-2)19-12-5-8-20(9-6-12)15(21)22-3/h10,12H,4-9H2,1-3H3,(H2,16,17,19). The maximum atomic E-state index is 11.5. The van der Waals surface area contributed by atoms with Crippen LogP contribution >= 0.6 is 11.3 Å². The summed E-state index contributed by atoms with van der Waals surface area (Å²) in [5.74, 6) is 0.801. The molecule has 1 aromatic heterocycles. The lowest BCUT2D eigenvalue weighted by atomic mass is 10.1. The van der Waals surface area contributed by atoms with Crippen molar-refractivity contribution < 1.29 is 9.53 Å². The minimum absolute atomic E-state index is 0.246. The van der Waals surface area contributed by atoms with Crippen molar-refractivity contribution in [2.45, 2.75) is 32.2 Å². The smallest absolute Gasteiger partial charge is 0.409 e. The fraction of sp³-hybridized carbons (Fsp3) is 0.667. The summed E-state index contributed by atoms with van der Waals surface area (Å²) in [5, 5.41) is 7.87. The van der Waals surface area contributed by atoms with Crippen molar-refractivity contribution in [2.24, 2.45) is 4.99 Å². The Hall–Kier alpha value is -1.83. The van der Waals surface area contributed by atoms with Gasteiger partial charge in [0.05, 0.1) is 12.1 Å². The summed E-state index contributed by atoms with van der Waals surface area (Å²) in [4.78, 5) is 23.1. The van der Waals surface area contributed by atoms with Gasteiger partial charge in [-0.1, -0.05) is 0 Å². The van der Waals surface area contributed by atoms with Gasteiger partial charge in [-0.3, -0.25) is 4.99 Å². The Morgan fingerprint density at radius 3 is 2.83 bits per heavy atom. The van der Waals surface area contributed by atoms with Crippen LogP contribution in [0, 0.1) is 6.92 Å². The van der Waals surface area contributed by atoms with Gasteiger partial charge in [0.15, 0.2) is 5.96 Å². The summed E-state index contributed by atoms with van der Waals surface area (Å²) in [6, 6.07) is 0.323. The van der Waals surface area contributed by atoms with Crippen molar-refractivity contribution >= 4 is 23.4 Å². The van der Waals surface area contributed by atoms with Crippen molar-refractivity contribution in [1.29, 1.82) is 0 Å². The topological polar surface area (TPSA) is 78.9 Å². The van der Waals surface area contributed by atoms with E-state index in [4.69, 9.17) is 4.74 Å². The SMILES string of the molecule is CN=C(NCCc1ncc(C)s1)NC1CCN(C(=O)OC)CC1. The molecule has 2 N–H and O–H groups in total. The van der Waals surface area contributed by atoms with Crippen LogP contribution in [0.25, 0.3) is 0 Å². The zero-order valence-corrected chi connectivity index (χ0v) is 14.8. The van der Waals surface area contributed by atoms with Crippen LogP contribution in [0.5, 0.6) is 0 Å². The zero-order chi connectivity index (χ0) is 16.7. The first-order chi connectivity index (χ1) is 11.1. The number of hydrogen-bond acceptors (Lipinski definition) is 5. The van der Waals surface area contributed by atoms with Gasteiger partial charge < -0.3 is 20.3 Å². The molecule has 23 heavy (non-hydrogen) atoms. The highest BCUT2D eigenvalue weighted by molar-refractivity contribution is 7.11. The monoisotopic (exact) mass is 339 g/mol. The molecule has 0 atom stereocenters. The van der Waals surface area contributed by atoms with Crippen molar-refractivity contribution in [2.75, 3.05) is 33.8 Å². The highest BCUT2D eigenvalue weighted by Gasteiger charge is 2.23. The molecule has 8 heteroatoms. The summed E-state index contributed by atoms with van der Waals surface area (Å²) in [7, 11) is 3.19. The van der Waals surface area contributed by atoms with E-state index in [-0.39, 0.29) is 6.09 Å². The second-order valence-electron chi connectivity index (χ2n) is 5.49. The number of carbonyl (C=O) groups is 1. The number of hydrogen-bond donors (Lipinski definition) is 2. The van der Waals surface area contributed by atoms with Crippen LogP contribution in [0.2, 0.25) is 0 Å². The van der Waals surface area contributed by atoms with Gasteiger partial charge in [-0.15, -0.1) is 11.3 Å². The van der Waals surface area contributed by atoms with Gasteiger partial charge in [0.25, 0.3) is 0 Å². The molecule has 2 rings (SSSR count). The van der Waals surface area contributed by atoms with E-state index in [1.807, 2.05) is 6.20 Å². The molecule has 7 nitrogen and oxygen atoms in total. The molecule has 128 valence electrons. The largest absolute Gasteiger partial charge is 0.453 e. The fourth-order valence-corrected chi connectivity index (χ4v) is 3.31. The van der Waals surface area contributed by atoms with E-state index in [0.717, 1.165) is 36.8 Å². The summed E-state index contributed by atoms with van der Waals surface area (Å²) < 4.78 is 4.75. The van der Waals surface area contributed by atoms with E-state index >= 15 is 0 Å². The molecule has 0 unspecified atom stereocenters. The lowest BCUT2D eigenvalue weighted by Crippen LogP contribution is -2.50. The number of amides is 1. The summed E-state index contributed by atoms with van der Waals surface area (Å²) >= 11 is 1.73. The second kappa shape index (κ2) is 8.71. The first-order valence-electron chi connectivity index (χ1n) is 7.83. The zero-order valence-electron chi connectivity index (χ0n) is 14.0. The molecule has 1 aliphatic heterocycles. The Kier molecular flexibility index (Phi) is 6.64. The van der Waals surface area contributed by atoms with Crippen LogP contribution in [0.4, 0.5) is 4.79 Å². The second-order valence-corrected chi connectivity index (χ2v) is 6.81. The predicted molar refractivity (Wildman–Crippen MR) is 92.1 cm³/mol. The predicted octanol–water partition coefficient (Wildman–Crippen LogP) is 1.39. The van der Waals surface area contributed by atoms with Crippen LogP contribution in [0.3, 0.4) is 0 Å². The van der Waals surface area contributed by atoms with E-state index in [9.17, 15) is 4.79 Å². The van der Waals surface area contributed by atoms with E-state index in [0.29, 0.717) is 19.1 Å². The maximum Gasteiger partial charge on any atom is 0.409 e. The van der Waals surface area contributed by atoms with Crippen LogP contribution in [0.1, 0.15) is 22.7 Å². The molecule has 0 bridgehead atoms. The average Bonchev–Trinajstić information content (AvgIpc) is 2.99. The maximum absolute atomic E-state index is 11.5. The number of aryl methyl sites for hydroxylation is 1. The third-order valence-corrected chi connectivity index (χ3v) is 4.77. The summed E-state index contributed by atoms with van der Waals surface area (Å²) in [6.07, 6.45) is 4.33. The van der Waals surface area contributed by atoms with Crippen LogP contribution in [0.15, 0.2) is 11.2 Å². The quantitative estimate of drug-likeness (QED) is 0.640. The Morgan fingerprint density at radius 2 is 2.26 bits per heavy atom. The molecule has 0 radical (unpaired) electrons. The number of aliphatic imine (C=N–C) groups is 1. The van der Waals surface area contributed by atoms with E-state index < -0.39 is 0 Å². The first-order valence-corrected chi connectivity index (χ1v) is 8.65. The van der Waals surface area contributed by atoms with Crippen LogP contribution < -0.4 is 10.6 Å². The molecule has 2 heterocycles. The molecule has 1 aliphatic rings. The van der Waals surface area contributed by atoms with Gasteiger partial charge in [-0.25, -0.2) is 9.78 Å². The number of rotatable bonds is 4. The molecule has 1 fully saturated rings. The first kappa shape index (κ1) is 17.5. The highest BCUT2D eigenvalue weighted by Crippen LogP contribution is 2.12. The van der Waals surface area contributed by atoms with Gasteiger partial charge in [-0.05, 0) is 19.8 Å². The Morgan fingerprint density at radius 1 is 1.52 bits per heavy atom. The minimum atomic E-state index is -0.246. The van der Waals surface area contributed by atoms with Gasteiger partial charge in [0, 0.05) is 50.2 Å². The molecule has 0 aliphatic carbocycles. The third kappa shape index (κ3) is 5.38. The molecular formula is C15H25N5O2S. The summed E-state index contributed by atoms with van der Waals surface area (Å²) in [5.41, 5.74) is 0. The highest BCUT2D eigenvalue weighted by atomic mass is 32.1. The summed E-state index contributed by atoms with van der Waals surface area (Å²) in [6.45, 7) is 4.28. The van der Waals surface area contributed by atoms with Gasteiger partial charge >= 0.3 is 6.09 Å². The molecular weight excluding hydrogens is 314 g/mol. The lowest BCUT2D eigenvalue weighted by molar-refractivity contribution is 0.111. The van der Waals surface area contributed by atoms with Crippen molar-refractivity contribution in [1.82, 2.24) is 20.5 Å². The van der Waals surface area contributed by atoms with E-state index in [1.165, 1.54) is 12.0 Å². The van der Waals surface area contributed by atoms with Crippen LogP contribution in [-0.2, 0) is 11.2 Å². The molecule has 1 amide bonds. The molecule has 1 saturated heterocycles. The number of methoxy groups -OCH3 is 1. The molecule has 0 saturated carbocycles. The van der Waals surface area contributed by atoms with E-state index in [2.05, 4.69) is 27.5 Å². The third-order valence-electron chi connectivity index (χ3n) is 3.79. The lowest BCUT2D eigenvalue weighted by Gasteiger charge is -2.32. The normalized spacial score (nSPS) is 16.3. The fourth-order valence-electron chi connectivity index (χ4n) is 2.53. The average molecular weight is 339 g/mol.